The minimum Gasteiger partial charge on any atom is -0.477 e. The fraction of sp³-hybridized carbons (Fsp3) is 0.696. The standard InChI is InChI=1S/C23H36N4O2/c1-17-9-8-10-18(2)26(17)15-6-3-7-16-27-20-11-4-5-12-21(20)29-22(23(27)28)19-13-14-24-25-19/h4-5,11-12,17-19,22,24-25H,3,6-10,13-16H2,1-2H3/t17-,18+,19?,22?. The number of para-hydroxylation sites is 2. The molecule has 0 bridgehead atoms. The number of ether oxygens (including phenoxy) is 1. The average molecular weight is 401 g/mol. The summed E-state index contributed by atoms with van der Waals surface area (Å²) in [6, 6.07) is 9.38. The molecule has 6 heteroatoms. The number of nitrogens with zero attached hydrogens (tertiary/aromatic N) is 2. The van der Waals surface area contributed by atoms with Gasteiger partial charge in [-0.05, 0) is 64.6 Å². The van der Waals surface area contributed by atoms with Gasteiger partial charge in [0.25, 0.3) is 5.91 Å². The normalized spacial score (nSPS) is 30.3. The summed E-state index contributed by atoms with van der Waals surface area (Å²) >= 11 is 0. The summed E-state index contributed by atoms with van der Waals surface area (Å²) in [4.78, 5) is 17.8. The summed E-state index contributed by atoms with van der Waals surface area (Å²) in [6.45, 7) is 7.54. The quantitative estimate of drug-likeness (QED) is 0.689. The summed E-state index contributed by atoms with van der Waals surface area (Å²) in [6.07, 6.45) is 7.85. The molecular formula is C23H36N4O2. The minimum atomic E-state index is -0.449. The van der Waals surface area contributed by atoms with Gasteiger partial charge in [0, 0.05) is 25.2 Å². The van der Waals surface area contributed by atoms with Crippen LogP contribution in [0, 0.1) is 0 Å². The number of anilines is 1. The number of piperidine rings is 1. The molecule has 2 unspecified atom stereocenters. The number of hydrogen-bond acceptors (Lipinski definition) is 5. The van der Waals surface area contributed by atoms with Crippen molar-refractivity contribution in [2.45, 2.75) is 83.0 Å². The Kier molecular flexibility index (Phi) is 6.73. The van der Waals surface area contributed by atoms with E-state index in [1.54, 1.807) is 0 Å². The van der Waals surface area contributed by atoms with Crippen molar-refractivity contribution < 1.29 is 9.53 Å². The molecule has 1 aromatic rings. The van der Waals surface area contributed by atoms with Crippen LogP contribution in [0.4, 0.5) is 5.69 Å². The first kappa shape index (κ1) is 20.6. The maximum absolute atomic E-state index is 13.2. The van der Waals surface area contributed by atoms with Crippen LogP contribution in [0.25, 0.3) is 0 Å². The first-order valence-electron chi connectivity index (χ1n) is 11.5. The zero-order valence-corrected chi connectivity index (χ0v) is 17.9. The van der Waals surface area contributed by atoms with Crippen molar-refractivity contribution in [3.05, 3.63) is 24.3 Å². The van der Waals surface area contributed by atoms with Crippen molar-refractivity contribution >= 4 is 11.6 Å². The molecule has 3 heterocycles. The molecule has 2 saturated heterocycles. The maximum atomic E-state index is 13.2. The lowest BCUT2D eigenvalue weighted by Crippen LogP contribution is -2.55. The van der Waals surface area contributed by atoms with E-state index < -0.39 is 6.10 Å². The number of nitrogens with one attached hydrogen (secondary N) is 2. The van der Waals surface area contributed by atoms with Crippen LogP contribution in [0.3, 0.4) is 0 Å². The number of benzene rings is 1. The monoisotopic (exact) mass is 400 g/mol. The van der Waals surface area contributed by atoms with E-state index in [2.05, 4.69) is 29.6 Å². The number of carbonyl (C=O) groups is 1. The number of carbonyl (C=O) groups excluding carboxylic acids is 1. The van der Waals surface area contributed by atoms with Gasteiger partial charge in [-0.3, -0.25) is 20.5 Å². The van der Waals surface area contributed by atoms with E-state index >= 15 is 0 Å². The van der Waals surface area contributed by atoms with Crippen LogP contribution in [0.2, 0.25) is 0 Å². The fourth-order valence-corrected chi connectivity index (χ4v) is 5.11. The Balaban J connectivity index is 1.32. The predicted molar refractivity (Wildman–Crippen MR) is 116 cm³/mol. The van der Waals surface area contributed by atoms with Gasteiger partial charge in [-0.1, -0.05) is 25.0 Å². The average Bonchev–Trinajstić information content (AvgIpc) is 3.25. The lowest BCUT2D eigenvalue weighted by Gasteiger charge is -2.39. The molecule has 3 aliphatic heterocycles. The Morgan fingerprint density at radius 1 is 1.03 bits per heavy atom. The number of fused-ring (bicyclic) bond motifs is 1. The van der Waals surface area contributed by atoms with Gasteiger partial charge >= 0.3 is 0 Å². The maximum Gasteiger partial charge on any atom is 0.269 e. The van der Waals surface area contributed by atoms with E-state index in [0.717, 1.165) is 43.8 Å². The smallest absolute Gasteiger partial charge is 0.269 e. The SMILES string of the molecule is C[C@@H]1CCC[C@H](C)N1CCCCCN1C(=O)C(C2CCNN2)Oc2ccccc21. The highest BCUT2D eigenvalue weighted by Crippen LogP contribution is 2.35. The lowest BCUT2D eigenvalue weighted by molar-refractivity contribution is -0.127. The number of likely N-dealkylation sites (tertiary alicyclic amines) is 1. The molecule has 0 aromatic heterocycles. The Morgan fingerprint density at radius 3 is 2.55 bits per heavy atom. The van der Waals surface area contributed by atoms with Crippen molar-refractivity contribution in [2.24, 2.45) is 0 Å². The van der Waals surface area contributed by atoms with Crippen LogP contribution in [-0.2, 0) is 4.79 Å². The number of rotatable bonds is 7. The van der Waals surface area contributed by atoms with Crippen LogP contribution in [-0.4, -0.2) is 54.7 Å². The molecule has 160 valence electrons. The highest BCUT2D eigenvalue weighted by atomic mass is 16.5. The van der Waals surface area contributed by atoms with Crippen molar-refractivity contribution in [2.75, 3.05) is 24.5 Å². The second-order valence-corrected chi connectivity index (χ2v) is 8.89. The van der Waals surface area contributed by atoms with E-state index in [4.69, 9.17) is 4.74 Å². The van der Waals surface area contributed by atoms with Gasteiger partial charge in [0.1, 0.15) is 5.75 Å². The van der Waals surface area contributed by atoms with Crippen molar-refractivity contribution in [3.8, 4) is 5.75 Å². The summed E-state index contributed by atoms with van der Waals surface area (Å²) in [5, 5.41) is 0. The second kappa shape index (κ2) is 9.45. The molecule has 6 nitrogen and oxygen atoms in total. The molecule has 2 N–H and O–H groups in total. The molecule has 3 aliphatic rings. The number of hydrazine groups is 1. The summed E-state index contributed by atoms with van der Waals surface area (Å²) in [5.41, 5.74) is 7.24. The number of hydrogen-bond donors (Lipinski definition) is 2. The molecule has 2 fully saturated rings. The fourth-order valence-electron chi connectivity index (χ4n) is 5.11. The topological polar surface area (TPSA) is 56.8 Å². The summed E-state index contributed by atoms with van der Waals surface area (Å²) in [5.74, 6) is 0.907. The Morgan fingerprint density at radius 2 is 1.79 bits per heavy atom. The molecule has 1 aromatic carbocycles. The summed E-state index contributed by atoms with van der Waals surface area (Å²) in [7, 11) is 0. The van der Waals surface area contributed by atoms with Gasteiger partial charge in [0.05, 0.1) is 11.7 Å². The first-order valence-corrected chi connectivity index (χ1v) is 11.5. The molecule has 4 rings (SSSR count). The first-order chi connectivity index (χ1) is 14.1. The van der Waals surface area contributed by atoms with Crippen LogP contribution >= 0.6 is 0 Å². The van der Waals surface area contributed by atoms with Crippen LogP contribution in [0.15, 0.2) is 24.3 Å². The molecule has 1 amide bonds. The van der Waals surface area contributed by atoms with E-state index in [1.165, 1.54) is 32.2 Å². The van der Waals surface area contributed by atoms with Crippen LogP contribution in [0.5, 0.6) is 5.75 Å². The lowest BCUT2D eigenvalue weighted by atomic mass is 9.97. The third-order valence-corrected chi connectivity index (χ3v) is 6.83. The third-order valence-electron chi connectivity index (χ3n) is 6.83. The molecule has 4 atom stereocenters. The molecule has 0 radical (unpaired) electrons. The largest absolute Gasteiger partial charge is 0.477 e. The van der Waals surface area contributed by atoms with Crippen molar-refractivity contribution in [1.82, 2.24) is 15.8 Å². The van der Waals surface area contributed by atoms with Gasteiger partial charge in [0.2, 0.25) is 0 Å². The minimum absolute atomic E-state index is 0.0282. The van der Waals surface area contributed by atoms with Crippen LogP contribution in [0.1, 0.15) is 58.8 Å². The number of unbranched alkanes of at least 4 members (excludes halogenated alkanes) is 2. The van der Waals surface area contributed by atoms with Gasteiger partial charge in [-0.25, -0.2) is 0 Å². The van der Waals surface area contributed by atoms with Crippen molar-refractivity contribution in [1.29, 1.82) is 0 Å². The van der Waals surface area contributed by atoms with E-state index in [1.807, 2.05) is 29.2 Å². The Bertz CT molecular complexity index is 681. The van der Waals surface area contributed by atoms with Gasteiger partial charge in [-0.15, -0.1) is 0 Å². The third kappa shape index (κ3) is 4.60. The second-order valence-electron chi connectivity index (χ2n) is 8.89. The molecule has 0 aliphatic carbocycles. The highest BCUT2D eigenvalue weighted by Gasteiger charge is 2.40. The van der Waals surface area contributed by atoms with Crippen molar-refractivity contribution in [3.63, 3.8) is 0 Å². The van der Waals surface area contributed by atoms with Crippen LogP contribution < -0.4 is 20.5 Å². The zero-order chi connectivity index (χ0) is 20.2. The summed E-state index contributed by atoms with van der Waals surface area (Å²) < 4.78 is 6.09. The van der Waals surface area contributed by atoms with E-state index in [0.29, 0.717) is 12.1 Å². The Hall–Kier alpha value is -1.63. The predicted octanol–water partition coefficient (Wildman–Crippen LogP) is 3.08. The van der Waals surface area contributed by atoms with Gasteiger partial charge in [0.15, 0.2) is 6.10 Å². The molecule has 29 heavy (non-hydrogen) atoms. The molecule has 0 spiro atoms. The van der Waals surface area contributed by atoms with Gasteiger partial charge < -0.3 is 9.64 Å². The van der Waals surface area contributed by atoms with Gasteiger partial charge in [-0.2, -0.15) is 0 Å². The molecular weight excluding hydrogens is 364 g/mol. The van der Waals surface area contributed by atoms with E-state index in [9.17, 15) is 4.79 Å². The highest BCUT2D eigenvalue weighted by molar-refractivity contribution is 6.00. The zero-order valence-electron chi connectivity index (χ0n) is 17.9. The number of amides is 1. The Labute approximate surface area is 174 Å². The molecule has 0 saturated carbocycles. The van der Waals surface area contributed by atoms with E-state index in [-0.39, 0.29) is 11.9 Å².